The maximum absolute atomic E-state index is 7.18. The van der Waals surface area contributed by atoms with E-state index in [0.717, 1.165) is 83.7 Å². The van der Waals surface area contributed by atoms with Gasteiger partial charge in [-0.2, -0.15) is 0 Å². The third kappa shape index (κ3) is 4.77. The van der Waals surface area contributed by atoms with Gasteiger partial charge in [0.25, 0.3) is 0 Å². The van der Waals surface area contributed by atoms with Crippen molar-refractivity contribution < 1.29 is 4.74 Å². The highest BCUT2D eigenvalue weighted by molar-refractivity contribution is 6.06. The number of ether oxygens (including phenoxy) is 1. The smallest absolute Gasteiger partial charge is 0.145 e. The molecule has 4 aromatic rings. The molecule has 4 unspecified atom stereocenters. The number of benzene rings is 4. The van der Waals surface area contributed by atoms with Gasteiger partial charge in [-0.3, -0.25) is 4.99 Å². The van der Waals surface area contributed by atoms with Crippen LogP contribution in [0.4, 0.5) is 0 Å². The molecule has 3 heteroatoms. The lowest BCUT2D eigenvalue weighted by Gasteiger charge is -2.47. The summed E-state index contributed by atoms with van der Waals surface area (Å²) >= 11 is 0. The van der Waals surface area contributed by atoms with Crippen LogP contribution < -0.4 is 10.1 Å². The molecule has 4 aromatic carbocycles. The molecule has 0 saturated carbocycles. The summed E-state index contributed by atoms with van der Waals surface area (Å²) in [7, 11) is 0. The highest BCUT2D eigenvalue weighted by atomic mass is 16.5. The van der Waals surface area contributed by atoms with Crippen molar-refractivity contribution in [1.82, 2.24) is 5.32 Å². The number of nitrogens with one attached hydrogen (secondary N) is 1. The van der Waals surface area contributed by atoms with Gasteiger partial charge in [-0.25, -0.2) is 0 Å². The average Bonchev–Trinajstić information content (AvgIpc) is 3.54. The van der Waals surface area contributed by atoms with Crippen molar-refractivity contribution in [3.63, 3.8) is 0 Å². The Hall–Kier alpha value is -5.93. The lowest BCUT2D eigenvalue weighted by molar-refractivity contribution is 0.252. The lowest BCUT2D eigenvalue weighted by Crippen LogP contribution is -2.43. The van der Waals surface area contributed by atoms with Crippen molar-refractivity contribution >= 4 is 17.0 Å². The van der Waals surface area contributed by atoms with E-state index in [-0.39, 0.29) is 23.4 Å². The van der Waals surface area contributed by atoms with Crippen LogP contribution >= 0.6 is 0 Å². The third-order valence-electron chi connectivity index (χ3n) is 12.7. The van der Waals surface area contributed by atoms with Crippen LogP contribution in [0.25, 0.3) is 22.4 Å². The van der Waals surface area contributed by atoms with Gasteiger partial charge in [0.2, 0.25) is 0 Å². The minimum Gasteiger partial charge on any atom is -0.460 e. The van der Waals surface area contributed by atoms with E-state index in [9.17, 15) is 0 Å². The van der Waals surface area contributed by atoms with E-state index in [2.05, 4.69) is 163 Å². The Balaban J connectivity index is 1.09. The van der Waals surface area contributed by atoms with Crippen molar-refractivity contribution in [1.29, 1.82) is 0 Å². The van der Waals surface area contributed by atoms with E-state index in [1.807, 2.05) is 0 Å². The fourth-order valence-electron chi connectivity index (χ4n) is 10.3. The van der Waals surface area contributed by atoms with Crippen LogP contribution in [-0.4, -0.2) is 5.71 Å². The molecule has 2 aliphatic heterocycles. The van der Waals surface area contributed by atoms with E-state index < -0.39 is 0 Å². The van der Waals surface area contributed by atoms with Gasteiger partial charge in [0.1, 0.15) is 17.7 Å². The minimum atomic E-state index is -0.326. The summed E-state index contributed by atoms with van der Waals surface area (Å²) in [4.78, 5) is 5.40. The fourth-order valence-corrected chi connectivity index (χ4v) is 10.3. The lowest BCUT2D eigenvalue weighted by atomic mass is 9.59. The molecule has 2 heterocycles. The average molecular weight is 699 g/mol. The first-order chi connectivity index (χ1) is 26.8. The van der Waals surface area contributed by atoms with Gasteiger partial charge in [-0.1, -0.05) is 146 Å². The van der Waals surface area contributed by atoms with Gasteiger partial charge in [0.05, 0.1) is 5.41 Å². The second kappa shape index (κ2) is 12.6. The highest BCUT2D eigenvalue weighted by Gasteiger charge is 2.56. The molecule has 1 spiro atoms. The Kier molecular flexibility index (Phi) is 7.37. The summed E-state index contributed by atoms with van der Waals surface area (Å²) in [5.41, 5.74) is 16.4. The molecular weight excluding hydrogens is 657 g/mol. The topological polar surface area (TPSA) is 33.6 Å². The first kappa shape index (κ1) is 31.6. The van der Waals surface area contributed by atoms with Gasteiger partial charge in [-0.15, -0.1) is 0 Å². The van der Waals surface area contributed by atoms with Crippen molar-refractivity contribution in [3.8, 4) is 16.9 Å². The highest BCUT2D eigenvalue weighted by Crippen LogP contribution is 2.64. The van der Waals surface area contributed by atoms with Crippen molar-refractivity contribution in [2.45, 2.75) is 50.1 Å². The van der Waals surface area contributed by atoms with E-state index in [1.54, 1.807) is 0 Å². The monoisotopic (exact) mass is 698 g/mol. The van der Waals surface area contributed by atoms with Crippen LogP contribution in [-0.2, 0) is 5.41 Å². The predicted octanol–water partition coefficient (Wildman–Crippen LogP) is 11.9. The Morgan fingerprint density at radius 2 is 1.48 bits per heavy atom. The standard InChI is InChI=1S/C51H42N2O/c1-2-16-34(17-3-1)50-52-46(36-30-29-33-15-4-5-18-35(33)31-36)32-47(53-50)40-22-7-6-19-37(40)41-23-14-27-45-49(41)54-48-28-13-12-26-44(48)51(45)42-24-10-8-20-38(42)39-21-9-11-25-43(39)51/h1-4,6-8,10-17,19-20,22-25,27-29,31-32,36,44,50,53H,5,9,18,21,26,30H2. The van der Waals surface area contributed by atoms with Gasteiger partial charge < -0.3 is 10.1 Å². The Bertz CT molecular complexity index is 2520. The molecule has 0 aromatic heterocycles. The molecule has 0 fully saturated rings. The third-order valence-corrected chi connectivity index (χ3v) is 12.7. The van der Waals surface area contributed by atoms with Gasteiger partial charge in [0.15, 0.2) is 0 Å². The van der Waals surface area contributed by atoms with Gasteiger partial charge >= 0.3 is 0 Å². The number of fused-ring (bicyclic) bond motifs is 9. The van der Waals surface area contributed by atoms with Crippen LogP contribution in [0.5, 0.6) is 5.75 Å². The summed E-state index contributed by atoms with van der Waals surface area (Å²) in [6, 6.07) is 35.6. The number of aliphatic imine (C=N–C) groups is 1. The summed E-state index contributed by atoms with van der Waals surface area (Å²) < 4.78 is 7.18. The van der Waals surface area contributed by atoms with Crippen molar-refractivity contribution in [2.24, 2.45) is 16.8 Å². The van der Waals surface area contributed by atoms with Crippen LogP contribution in [0.1, 0.15) is 72.5 Å². The first-order valence-electron chi connectivity index (χ1n) is 19.7. The number of nitrogens with zero attached hydrogens (tertiary/aromatic N) is 1. The number of hydrogen-bond donors (Lipinski definition) is 1. The molecule has 3 nitrogen and oxygen atoms in total. The number of allylic oxidation sites excluding steroid dienone is 15. The second-order valence-electron chi connectivity index (χ2n) is 15.5. The molecule has 0 radical (unpaired) electrons. The Morgan fingerprint density at radius 3 is 2.41 bits per heavy atom. The predicted molar refractivity (Wildman–Crippen MR) is 221 cm³/mol. The van der Waals surface area contributed by atoms with Crippen LogP contribution in [0.2, 0.25) is 0 Å². The number of rotatable bonds is 4. The number of hydrogen-bond acceptors (Lipinski definition) is 3. The largest absolute Gasteiger partial charge is 0.460 e. The zero-order valence-corrected chi connectivity index (χ0v) is 30.3. The zero-order chi connectivity index (χ0) is 35.6. The van der Waals surface area contributed by atoms with E-state index >= 15 is 0 Å². The van der Waals surface area contributed by atoms with Crippen molar-refractivity contribution in [3.05, 3.63) is 208 Å². The zero-order valence-electron chi connectivity index (χ0n) is 30.3. The van der Waals surface area contributed by atoms with Gasteiger partial charge in [-0.05, 0) is 95.2 Å². The molecule has 1 N–H and O–H groups in total. The Labute approximate surface area is 317 Å². The molecule has 4 atom stereocenters. The van der Waals surface area contributed by atoms with Crippen LogP contribution in [0.15, 0.2) is 185 Å². The van der Waals surface area contributed by atoms with Crippen LogP contribution in [0, 0.1) is 11.8 Å². The van der Waals surface area contributed by atoms with E-state index in [1.165, 1.54) is 39.0 Å². The molecule has 0 bridgehead atoms. The quantitative estimate of drug-likeness (QED) is 0.230. The molecule has 54 heavy (non-hydrogen) atoms. The minimum absolute atomic E-state index is 0.184. The van der Waals surface area contributed by atoms with Crippen LogP contribution in [0.3, 0.4) is 0 Å². The first-order valence-corrected chi connectivity index (χ1v) is 19.7. The maximum Gasteiger partial charge on any atom is 0.145 e. The molecule has 262 valence electrons. The van der Waals surface area contributed by atoms with E-state index in [4.69, 9.17) is 9.73 Å². The van der Waals surface area contributed by atoms with E-state index in [0.29, 0.717) is 0 Å². The molecule has 5 aliphatic carbocycles. The molecule has 11 rings (SSSR count). The molecule has 0 amide bonds. The second-order valence-corrected chi connectivity index (χ2v) is 15.5. The fraction of sp³-hybridized carbons (Fsp3) is 0.196. The normalized spacial score (nSPS) is 25.8. The summed E-state index contributed by atoms with van der Waals surface area (Å²) in [5, 5.41) is 3.89. The Morgan fingerprint density at radius 1 is 0.704 bits per heavy atom. The SMILES string of the molecule is C1=CCC2C(=C1)Oc1c(-c3ccccc3C3=CC(C4C=C5CCC=CC5=CC4)=NC(c4ccccc4)N3)cccc1C21C2=C(CCC=C2)c2ccccc21. The summed E-state index contributed by atoms with van der Waals surface area (Å²) in [6.45, 7) is 0. The van der Waals surface area contributed by atoms with Crippen molar-refractivity contribution in [2.75, 3.05) is 0 Å². The number of para-hydroxylation sites is 1. The summed E-state index contributed by atoms with van der Waals surface area (Å²) in [6.07, 6.45) is 29.4. The molecule has 7 aliphatic rings. The molecular formula is C51H42N2O. The van der Waals surface area contributed by atoms with Gasteiger partial charge in [0, 0.05) is 39.9 Å². The molecule has 0 saturated heterocycles. The maximum atomic E-state index is 7.18. The summed E-state index contributed by atoms with van der Waals surface area (Å²) in [5.74, 6) is 2.44.